The van der Waals surface area contributed by atoms with Crippen molar-refractivity contribution >= 4 is 11.8 Å². The van der Waals surface area contributed by atoms with E-state index in [0.717, 1.165) is 5.56 Å². The van der Waals surface area contributed by atoms with E-state index in [9.17, 15) is 15.6 Å². The fourth-order valence-electron chi connectivity index (χ4n) is 3.00. The van der Waals surface area contributed by atoms with Crippen molar-refractivity contribution in [1.82, 2.24) is 5.32 Å². The summed E-state index contributed by atoms with van der Waals surface area (Å²) in [5.41, 5.74) is 0.284. The number of nitrogens with one attached hydrogen (secondary N) is 1. The molecule has 1 unspecified atom stereocenters. The van der Waals surface area contributed by atoms with E-state index >= 15 is 0 Å². The number of nitrogens with zero attached hydrogens (tertiary/aromatic N) is 3. The third kappa shape index (κ3) is 3.50. The molecule has 28 heavy (non-hydrogen) atoms. The summed E-state index contributed by atoms with van der Waals surface area (Å²) in [6.07, 6.45) is 1.77. The topological polar surface area (TPSA) is 101 Å². The number of hydrogen-bond acceptors (Lipinski definition) is 6. The summed E-state index contributed by atoms with van der Waals surface area (Å²) in [4.78, 5) is 4.28. The zero-order valence-electron chi connectivity index (χ0n) is 15.5. The highest BCUT2D eigenvalue weighted by Gasteiger charge is 2.38. The van der Waals surface area contributed by atoms with Crippen LogP contribution in [0, 0.1) is 22.7 Å². The predicted molar refractivity (Wildman–Crippen MR) is 106 cm³/mol. The number of aliphatic imine (C=N–C) groups is 1. The number of aliphatic hydroxyl groups is 1. The van der Waals surface area contributed by atoms with Crippen LogP contribution in [-0.4, -0.2) is 17.9 Å². The Morgan fingerprint density at radius 2 is 1.75 bits per heavy atom. The lowest BCUT2D eigenvalue weighted by atomic mass is 9.89. The number of rotatable bonds is 3. The first-order chi connectivity index (χ1) is 13.5. The van der Waals surface area contributed by atoms with Gasteiger partial charge < -0.3 is 15.2 Å². The maximum atomic E-state index is 11.7. The molecule has 0 spiro atoms. The van der Waals surface area contributed by atoms with Crippen molar-refractivity contribution in [3.63, 3.8) is 0 Å². The highest BCUT2D eigenvalue weighted by molar-refractivity contribution is 6.05. The molecule has 3 rings (SSSR count). The lowest BCUT2D eigenvalue weighted by molar-refractivity contribution is 0.0585. The molecule has 6 heteroatoms. The van der Waals surface area contributed by atoms with Crippen LogP contribution in [0.5, 0.6) is 5.75 Å². The van der Waals surface area contributed by atoms with Gasteiger partial charge in [-0.1, -0.05) is 42.5 Å². The van der Waals surface area contributed by atoms with Crippen LogP contribution in [-0.2, 0) is 5.72 Å². The third-order valence-electron chi connectivity index (χ3n) is 4.44. The summed E-state index contributed by atoms with van der Waals surface area (Å²) >= 11 is 0. The van der Waals surface area contributed by atoms with E-state index in [0.29, 0.717) is 22.6 Å². The molecule has 1 atom stereocenters. The van der Waals surface area contributed by atoms with E-state index in [2.05, 4.69) is 10.3 Å². The van der Waals surface area contributed by atoms with Gasteiger partial charge in [0.15, 0.2) is 17.1 Å². The van der Waals surface area contributed by atoms with Crippen molar-refractivity contribution in [2.24, 2.45) is 4.99 Å². The number of nitriles is 2. The average Bonchev–Trinajstić information content (AvgIpc) is 2.84. The standard InChI is InChI=1S/C22H18N4O2/c1-15-19(12-16-8-10-18(28-2)11-9-16)22(27,17-6-4-3-5-7-17)26-21(14-24)20(13-23)25-15/h3-12,26-27H,1-2H3/b19-12+. The molecule has 2 aromatic rings. The molecule has 138 valence electrons. The molecule has 0 bridgehead atoms. The number of allylic oxidation sites excluding steroid dienone is 2. The van der Waals surface area contributed by atoms with Crippen molar-refractivity contribution in [2.45, 2.75) is 12.6 Å². The van der Waals surface area contributed by atoms with Gasteiger partial charge in [0, 0.05) is 16.8 Å². The first-order valence-electron chi connectivity index (χ1n) is 8.54. The third-order valence-corrected chi connectivity index (χ3v) is 4.44. The Hall–Kier alpha value is -3.87. The fourth-order valence-corrected chi connectivity index (χ4v) is 3.00. The van der Waals surface area contributed by atoms with E-state index in [1.54, 1.807) is 44.4 Å². The number of ether oxygens (including phenoxy) is 1. The van der Waals surface area contributed by atoms with Crippen molar-refractivity contribution in [3.05, 3.63) is 82.7 Å². The minimum absolute atomic E-state index is 0.0764. The Morgan fingerprint density at radius 3 is 2.32 bits per heavy atom. The summed E-state index contributed by atoms with van der Waals surface area (Å²) in [6, 6.07) is 20.1. The van der Waals surface area contributed by atoms with Gasteiger partial charge in [-0.05, 0) is 30.7 Å². The molecule has 1 aliphatic rings. The first-order valence-corrected chi connectivity index (χ1v) is 8.54. The van der Waals surface area contributed by atoms with E-state index in [1.807, 2.05) is 42.5 Å². The molecule has 1 heterocycles. The molecule has 2 N–H and O–H groups in total. The number of benzene rings is 2. The van der Waals surface area contributed by atoms with Gasteiger partial charge in [-0.25, -0.2) is 4.99 Å². The van der Waals surface area contributed by atoms with Crippen LogP contribution in [0.2, 0.25) is 0 Å². The zero-order valence-corrected chi connectivity index (χ0v) is 15.5. The lowest BCUT2D eigenvalue weighted by Crippen LogP contribution is -2.44. The summed E-state index contributed by atoms with van der Waals surface area (Å²) < 4.78 is 5.18. The quantitative estimate of drug-likeness (QED) is 0.864. The highest BCUT2D eigenvalue weighted by Crippen LogP contribution is 2.33. The van der Waals surface area contributed by atoms with Crippen molar-refractivity contribution in [3.8, 4) is 17.9 Å². The largest absolute Gasteiger partial charge is 0.497 e. The molecular formula is C22H18N4O2. The summed E-state index contributed by atoms with van der Waals surface area (Å²) in [6.45, 7) is 1.70. The van der Waals surface area contributed by atoms with Gasteiger partial charge in [0.25, 0.3) is 0 Å². The second kappa shape index (κ2) is 7.79. The number of methoxy groups -OCH3 is 1. The second-order valence-electron chi connectivity index (χ2n) is 6.18. The molecule has 0 radical (unpaired) electrons. The molecule has 1 aliphatic heterocycles. The monoisotopic (exact) mass is 370 g/mol. The van der Waals surface area contributed by atoms with Crippen LogP contribution in [0.1, 0.15) is 18.1 Å². The summed E-state index contributed by atoms with van der Waals surface area (Å²) in [5, 5.41) is 33.3. The molecule has 2 aromatic carbocycles. The first kappa shape index (κ1) is 18.9. The van der Waals surface area contributed by atoms with Crippen LogP contribution >= 0.6 is 0 Å². The Balaban J connectivity index is 2.23. The Labute approximate surface area is 163 Å². The number of hydrogen-bond donors (Lipinski definition) is 2. The van der Waals surface area contributed by atoms with Crippen LogP contribution in [0.4, 0.5) is 0 Å². The van der Waals surface area contributed by atoms with Crippen LogP contribution in [0.15, 0.2) is 76.6 Å². The van der Waals surface area contributed by atoms with Gasteiger partial charge in [0.1, 0.15) is 17.9 Å². The fraction of sp³-hybridized carbons (Fsp3) is 0.136. The van der Waals surface area contributed by atoms with Crippen molar-refractivity contribution < 1.29 is 9.84 Å². The van der Waals surface area contributed by atoms with E-state index in [4.69, 9.17) is 4.74 Å². The predicted octanol–water partition coefficient (Wildman–Crippen LogP) is 3.25. The van der Waals surface area contributed by atoms with E-state index in [1.165, 1.54) is 0 Å². The van der Waals surface area contributed by atoms with Crippen molar-refractivity contribution in [2.75, 3.05) is 7.11 Å². The van der Waals surface area contributed by atoms with Gasteiger partial charge in [0.05, 0.1) is 7.11 Å². The normalized spacial score (nSPS) is 20.5. The van der Waals surface area contributed by atoms with Gasteiger partial charge in [0.2, 0.25) is 0 Å². The molecule has 0 aliphatic carbocycles. The average molecular weight is 370 g/mol. The minimum atomic E-state index is -1.74. The molecule has 0 saturated heterocycles. The second-order valence-corrected chi connectivity index (χ2v) is 6.18. The maximum Gasteiger partial charge on any atom is 0.191 e. The van der Waals surface area contributed by atoms with Gasteiger partial charge in [-0.3, -0.25) is 0 Å². The summed E-state index contributed by atoms with van der Waals surface area (Å²) in [7, 11) is 1.59. The Morgan fingerprint density at radius 1 is 1.07 bits per heavy atom. The van der Waals surface area contributed by atoms with Crippen LogP contribution in [0.3, 0.4) is 0 Å². The molecule has 0 aromatic heterocycles. The van der Waals surface area contributed by atoms with Gasteiger partial charge in [-0.15, -0.1) is 0 Å². The Bertz CT molecular complexity index is 1050. The molecule has 0 saturated carbocycles. The Kier molecular flexibility index (Phi) is 5.26. The highest BCUT2D eigenvalue weighted by atomic mass is 16.5. The van der Waals surface area contributed by atoms with Crippen LogP contribution < -0.4 is 10.1 Å². The molecular weight excluding hydrogens is 352 g/mol. The van der Waals surface area contributed by atoms with Gasteiger partial charge in [-0.2, -0.15) is 10.5 Å². The minimum Gasteiger partial charge on any atom is -0.497 e. The van der Waals surface area contributed by atoms with Gasteiger partial charge >= 0.3 is 0 Å². The zero-order chi connectivity index (χ0) is 20.1. The van der Waals surface area contributed by atoms with Crippen LogP contribution in [0.25, 0.3) is 6.08 Å². The SMILES string of the molecule is COc1ccc(/C=C2\C(C)=NC(C#N)=C(C#N)NC2(O)c2ccccc2)cc1. The lowest BCUT2D eigenvalue weighted by Gasteiger charge is -2.31. The molecule has 0 fully saturated rings. The smallest absolute Gasteiger partial charge is 0.191 e. The van der Waals surface area contributed by atoms with E-state index in [-0.39, 0.29) is 11.4 Å². The van der Waals surface area contributed by atoms with E-state index < -0.39 is 5.72 Å². The molecule has 6 nitrogen and oxygen atoms in total. The van der Waals surface area contributed by atoms with Crippen molar-refractivity contribution in [1.29, 1.82) is 10.5 Å². The molecule has 0 amide bonds. The summed E-state index contributed by atoms with van der Waals surface area (Å²) in [5.74, 6) is 0.713. The maximum absolute atomic E-state index is 11.7.